The molecular weight excluding hydrogens is 254 g/mol. The van der Waals surface area contributed by atoms with Crippen LogP contribution >= 0.6 is 15.9 Å². The van der Waals surface area contributed by atoms with Crippen LogP contribution in [-0.4, -0.2) is 11.3 Å². The highest BCUT2D eigenvalue weighted by molar-refractivity contribution is 9.10. The lowest BCUT2D eigenvalue weighted by Crippen LogP contribution is -2.18. The van der Waals surface area contributed by atoms with Gasteiger partial charge in [0.25, 0.3) is 0 Å². The summed E-state index contributed by atoms with van der Waals surface area (Å²) in [4.78, 5) is 14.2. The van der Waals surface area contributed by atoms with Crippen molar-refractivity contribution in [2.75, 3.05) is 0 Å². The first-order valence-corrected chi connectivity index (χ1v) is 5.57. The van der Waals surface area contributed by atoms with Crippen LogP contribution in [0, 0.1) is 0 Å². The van der Waals surface area contributed by atoms with E-state index < -0.39 is 5.41 Å². The van der Waals surface area contributed by atoms with Crippen LogP contribution in [-0.2, 0) is 10.2 Å². The number of halogens is 1. The van der Waals surface area contributed by atoms with E-state index in [4.69, 9.17) is 0 Å². The van der Waals surface area contributed by atoms with Crippen LogP contribution in [0.15, 0.2) is 28.7 Å². The second-order valence-electron chi connectivity index (χ2n) is 4.25. The molecule has 2 aromatic rings. The molecule has 2 rings (SSSR count). The van der Waals surface area contributed by atoms with Gasteiger partial charge in [-0.25, -0.2) is 0 Å². The molecular formula is C12H12BrNO. The zero-order valence-electron chi connectivity index (χ0n) is 8.67. The second kappa shape index (κ2) is 3.49. The minimum atomic E-state index is -0.453. The third-order valence-corrected chi connectivity index (χ3v) is 3.06. The molecule has 0 aliphatic carbocycles. The number of carbonyl (C=O) groups is 1. The van der Waals surface area contributed by atoms with Gasteiger partial charge in [-0.05, 0) is 38.1 Å². The second-order valence-corrected chi connectivity index (χ2v) is 5.17. The van der Waals surface area contributed by atoms with Crippen LogP contribution in [0.1, 0.15) is 19.5 Å². The number of rotatable bonds is 2. The van der Waals surface area contributed by atoms with Crippen molar-refractivity contribution in [1.82, 2.24) is 4.98 Å². The topological polar surface area (TPSA) is 32.9 Å². The fourth-order valence-corrected chi connectivity index (χ4v) is 1.89. The molecule has 0 fully saturated rings. The number of fused-ring (bicyclic) bond motifs is 1. The monoisotopic (exact) mass is 265 g/mol. The molecule has 3 heteroatoms. The Labute approximate surface area is 96.8 Å². The van der Waals surface area contributed by atoms with Gasteiger partial charge in [0.15, 0.2) is 0 Å². The molecule has 0 saturated carbocycles. The zero-order chi connectivity index (χ0) is 11.1. The van der Waals surface area contributed by atoms with E-state index in [-0.39, 0.29) is 0 Å². The number of benzene rings is 1. The van der Waals surface area contributed by atoms with Crippen molar-refractivity contribution in [3.8, 4) is 0 Å². The first kappa shape index (κ1) is 10.4. The Morgan fingerprint density at radius 2 is 2.07 bits per heavy atom. The van der Waals surface area contributed by atoms with Gasteiger partial charge in [-0.15, -0.1) is 0 Å². The lowest BCUT2D eigenvalue weighted by molar-refractivity contribution is -0.111. The summed E-state index contributed by atoms with van der Waals surface area (Å²) < 4.78 is 1.05. The van der Waals surface area contributed by atoms with Crippen molar-refractivity contribution in [3.05, 3.63) is 34.4 Å². The molecule has 1 aromatic heterocycles. The molecule has 0 amide bonds. The minimum Gasteiger partial charge on any atom is -0.358 e. The predicted molar refractivity (Wildman–Crippen MR) is 65.1 cm³/mol. The molecule has 0 unspecified atom stereocenters. The largest absolute Gasteiger partial charge is 0.358 e. The molecule has 1 heterocycles. The Morgan fingerprint density at radius 1 is 1.33 bits per heavy atom. The smallest absolute Gasteiger partial charge is 0.131 e. The highest BCUT2D eigenvalue weighted by atomic mass is 79.9. The van der Waals surface area contributed by atoms with E-state index in [1.807, 2.05) is 38.1 Å². The van der Waals surface area contributed by atoms with Crippen molar-refractivity contribution in [3.63, 3.8) is 0 Å². The predicted octanol–water partition coefficient (Wildman–Crippen LogP) is 3.41. The summed E-state index contributed by atoms with van der Waals surface area (Å²) in [5, 5.41) is 1.12. The van der Waals surface area contributed by atoms with Gasteiger partial charge < -0.3 is 9.78 Å². The molecule has 0 bridgehead atoms. The normalized spacial score (nSPS) is 11.9. The molecule has 1 N–H and O–H groups in total. The van der Waals surface area contributed by atoms with Crippen molar-refractivity contribution >= 4 is 33.1 Å². The lowest BCUT2D eigenvalue weighted by atomic mass is 9.91. The van der Waals surface area contributed by atoms with Gasteiger partial charge in [0, 0.05) is 21.1 Å². The van der Waals surface area contributed by atoms with E-state index in [0.29, 0.717) is 0 Å². The third kappa shape index (κ3) is 1.84. The van der Waals surface area contributed by atoms with Gasteiger partial charge in [0.1, 0.15) is 6.29 Å². The molecule has 2 nitrogen and oxygen atoms in total. The lowest BCUT2D eigenvalue weighted by Gasteiger charge is -2.13. The van der Waals surface area contributed by atoms with Crippen LogP contribution in [0.5, 0.6) is 0 Å². The Balaban J connectivity index is 2.61. The Hall–Kier alpha value is -1.09. The molecule has 0 atom stereocenters. The van der Waals surface area contributed by atoms with Gasteiger partial charge in [-0.2, -0.15) is 0 Å². The molecule has 0 saturated heterocycles. The van der Waals surface area contributed by atoms with E-state index in [9.17, 15) is 4.79 Å². The van der Waals surface area contributed by atoms with Crippen molar-refractivity contribution in [1.29, 1.82) is 0 Å². The van der Waals surface area contributed by atoms with Gasteiger partial charge in [0.2, 0.25) is 0 Å². The highest BCUT2D eigenvalue weighted by Gasteiger charge is 2.21. The zero-order valence-corrected chi connectivity index (χ0v) is 10.3. The molecule has 15 heavy (non-hydrogen) atoms. The average molecular weight is 266 g/mol. The number of carbonyl (C=O) groups excluding carboxylic acids is 1. The summed E-state index contributed by atoms with van der Waals surface area (Å²) >= 11 is 3.43. The number of nitrogens with one attached hydrogen (secondary N) is 1. The number of hydrogen-bond acceptors (Lipinski definition) is 1. The van der Waals surface area contributed by atoms with Crippen molar-refractivity contribution in [2.24, 2.45) is 0 Å². The van der Waals surface area contributed by atoms with Crippen LogP contribution < -0.4 is 0 Å². The summed E-state index contributed by atoms with van der Waals surface area (Å²) in [7, 11) is 0. The number of H-pyrrole nitrogens is 1. The summed E-state index contributed by atoms with van der Waals surface area (Å²) in [5.74, 6) is 0. The van der Waals surface area contributed by atoms with Crippen LogP contribution in [0.25, 0.3) is 10.9 Å². The van der Waals surface area contributed by atoms with Gasteiger partial charge in [0.05, 0.1) is 5.41 Å². The highest BCUT2D eigenvalue weighted by Crippen LogP contribution is 2.26. The first-order chi connectivity index (χ1) is 7.03. The Kier molecular flexibility index (Phi) is 2.43. The minimum absolute atomic E-state index is 0.453. The van der Waals surface area contributed by atoms with Crippen LogP contribution in [0.2, 0.25) is 0 Å². The maximum atomic E-state index is 10.9. The summed E-state index contributed by atoms with van der Waals surface area (Å²) in [6.07, 6.45) is 0.965. The molecule has 0 spiro atoms. The van der Waals surface area contributed by atoms with E-state index in [2.05, 4.69) is 20.9 Å². The summed E-state index contributed by atoms with van der Waals surface area (Å²) in [5.41, 5.74) is 1.56. The van der Waals surface area contributed by atoms with Crippen LogP contribution in [0.3, 0.4) is 0 Å². The summed E-state index contributed by atoms with van der Waals surface area (Å²) in [6, 6.07) is 8.05. The number of hydrogen-bond donors (Lipinski definition) is 1. The third-order valence-electron chi connectivity index (χ3n) is 2.57. The van der Waals surface area contributed by atoms with E-state index in [1.54, 1.807) is 0 Å². The maximum Gasteiger partial charge on any atom is 0.131 e. The van der Waals surface area contributed by atoms with E-state index in [0.717, 1.165) is 27.4 Å². The fourth-order valence-electron chi connectivity index (χ4n) is 1.51. The number of aromatic nitrogens is 1. The standard InChI is InChI=1S/C12H12BrNO/c1-12(2,7-15)11-6-8-5-9(13)3-4-10(8)14-11/h3-7,14H,1-2H3. The van der Waals surface area contributed by atoms with Gasteiger partial charge in [-0.1, -0.05) is 15.9 Å². The Morgan fingerprint density at radius 3 is 2.73 bits per heavy atom. The van der Waals surface area contributed by atoms with E-state index >= 15 is 0 Å². The maximum absolute atomic E-state index is 10.9. The molecule has 0 radical (unpaired) electrons. The van der Waals surface area contributed by atoms with Crippen molar-refractivity contribution < 1.29 is 4.79 Å². The van der Waals surface area contributed by atoms with Gasteiger partial charge in [-0.3, -0.25) is 0 Å². The van der Waals surface area contributed by atoms with E-state index in [1.165, 1.54) is 0 Å². The van der Waals surface area contributed by atoms with Crippen LogP contribution in [0.4, 0.5) is 0 Å². The quantitative estimate of drug-likeness (QED) is 0.830. The molecule has 1 aromatic carbocycles. The van der Waals surface area contributed by atoms with Gasteiger partial charge >= 0.3 is 0 Å². The number of aldehydes is 1. The Bertz CT molecular complexity index is 513. The first-order valence-electron chi connectivity index (χ1n) is 4.78. The SMILES string of the molecule is CC(C)(C=O)c1cc2cc(Br)ccc2[nH]1. The molecule has 0 aliphatic heterocycles. The molecule has 78 valence electrons. The molecule has 0 aliphatic rings. The number of aromatic amines is 1. The fraction of sp³-hybridized carbons (Fsp3) is 0.250. The summed E-state index contributed by atoms with van der Waals surface area (Å²) in [6.45, 7) is 3.81. The van der Waals surface area contributed by atoms with Crippen molar-refractivity contribution in [2.45, 2.75) is 19.3 Å². The average Bonchev–Trinajstić information content (AvgIpc) is 2.61.